The zero-order chi connectivity index (χ0) is 22.2. The molecule has 4 N–H and O–H groups in total. The molecule has 14 heteroatoms. The second kappa shape index (κ2) is 8.34. The van der Waals surface area contributed by atoms with Gasteiger partial charge in [-0.25, -0.2) is 19.6 Å². The Morgan fingerprint density at radius 2 is 2.10 bits per heavy atom. The third kappa shape index (κ3) is 4.04. The van der Waals surface area contributed by atoms with Crippen LogP contribution in [0.5, 0.6) is 0 Å². The predicted octanol–water partition coefficient (Wildman–Crippen LogP) is 1.36. The molecule has 164 valence electrons. The average Bonchev–Trinajstić information content (AvgIpc) is 3.45. The molecule has 31 heavy (non-hydrogen) atoms. The highest BCUT2D eigenvalue weighted by Gasteiger charge is 2.50. The number of hydrogen-bond donors (Lipinski definition) is 3. The van der Waals surface area contributed by atoms with Crippen molar-refractivity contribution in [1.82, 2.24) is 24.5 Å². The molecule has 1 aliphatic heterocycles. The Bertz CT molecular complexity index is 1110. The summed E-state index contributed by atoms with van der Waals surface area (Å²) in [5, 5.41) is 21.2. The monoisotopic (exact) mass is 468 g/mol. The van der Waals surface area contributed by atoms with Crippen LogP contribution >= 0.6 is 22.9 Å². The lowest BCUT2D eigenvalue weighted by atomic mass is 10.00. The molecule has 0 bridgehead atoms. The van der Waals surface area contributed by atoms with Gasteiger partial charge in [0.1, 0.15) is 11.7 Å². The molecule has 12 nitrogen and oxygen atoms in total. The molecule has 1 aliphatic rings. The molecule has 2 atom stereocenters. The minimum Gasteiger partial charge on any atom is -0.479 e. The highest BCUT2D eigenvalue weighted by Crippen LogP contribution is 2.33. The van der Waals surface area contributed by atoms with Gasteiger partial charge in [0.2, 0.25) is 5.28 Å². The van der Waals surface area contributed by atoms with E-state index in [4.69, 9.17) is 26.8 Å². The number of hydrogen-bond acceptors (Lipinski definition) is 10. The molecule has 0 aromatic carbocycles. The molecule has 2 unspecified atom stereocenters. The molecule has 4 heterocycles. The van der Waals surface area contributed by atoms with E-state index in [-0.39, 0.29) is 17.7 Å². The number of carboxylic acids is 2. The van der Waals surface area contributed by atoms with Crippen LogP contribution in [0.4, 0.5) is 5.82 Å². The molecule has 0 saturated carbocycles. The largest absolute Gasteiger partial charge is 0.479 e. The zero-order valence-electron chi connectivity index (χ0n) is 15.8. The first-order valence-electron chi connectivity index (χ1n) is 9.10. The highest BCUT2D eigenvalue weighted by molar-refractivity contribution is 7.09. The second-order valence-electron chi connectivity index (χ2n) is 6.84. The van der Waals surface area contributed by atoms with Crippen LogP contribution in [0.15, 0.2) is 17.9 Å². The quantitative estimate of drug-likeness (QED) is 0.321. The smallest absolute Gasteiger partial charge is 0.348 e. The lowest BCUT2D eigenvalue weighted by Gasteiger charge is -2.26. The third-order valence-electron chi connectivity index (χ3n) is 4.91. The number of nitrogen functional groups attached to an aromatic ring is 1. The Balaban J connectivity index is 1.48. The number of fused-ring (bicyclic) bond motifs is 1. The van der Waals surface area contributed by atoms with Crippen molar-refractivity contribution >= 4 is 51.9 Å². The Morgan fingerprint density at radius 3 is 2.77 bits per heavy atom. The summed E-state index contributed by atoms with van der Waals surface area (Å²) in [6.07, 6.45) is 2.61. The number of carboxylic acid groups (broad SMARTS) is 2. The maximum absolute atomic E-state index is 11.8. The minimum absolute atomic E-state index is 0.0282. The summed E-state index contributed by atoms with van der Waals surface area (Å²) in [6, 6.07) is 0. The molecule has 0 radical (unpaired) electrons. The van der Waals surface area contributed by atoms with E-state index >= 15 is 0 Å². The normalized spacial score (nSPS) is 19.1. The molecular formula is C17H17ClN6O6S. The Kier molecular flexibility index (Phi) is 5.75. The van der Waals surface area contributed by atoms with Crippen LogP contribution in [0, 0.1) is 0 Å². The number of carbonyl (C=O) groups is 2. The minimum atomic E-state index is -2.46. The van der Waals surface area contributed by atoms with Crippen molar-refractivity contribution < 1.29 is 29.3 Å². The van der Waals surface area contributed by atoms with Gasteiger partial charge in [-0.05, 0) is 24.4 Å². The number of ether oxygens (including phenoxy) is 2. The molecule has 1 saturated heterocycles. The fourth-order valence-electron chi connectivity index (χ4n) is 3.34. The van der Waals surface area contributed by atoms with Gasteiger partial charge in [0.15, 0.2) is 11.5 Å². The SMILES string of the molecule is Nc1nc(Cl)nc2c1ncn2C1CCC(COC(Cc2nccs2)(C(=O)O)C(=O)O)O1. The number of imidazole rings is 1. The van der Waals surface area contributed by atoms with Crippen LogP contribution in [-0.4, -0.2) is 65.0 Å². The van der Waals surface area contributed by atoms with Gasteiger partial charge in [0.25, 0.3) is 5.60 Å². The molecule has 3 aromatic heterocycles. The first kappa shape index (κ1) is 21.4. The summed E-state index contributed by atoms with van der Waals surface area (Å²) in [7, 11) is 0. The van der Waals surface area contributed by atoms with Gasteiger partial charge < -0.3 is 25.4 Å². The molecule has 4 rings (SSSR count). The van der Waals surface area contributed by atoms with Gasteiger partial charge in [-0.1, -0.05) is 0 Å². The first-order chi connectivity index (χ1) is 14.8. The summed E-state index contributed by atoms with van der Waals surface area (Å²) < 4.78 is 13.0. The number of thiazole rings is 1. The van der Waals surface area contributed by atoms with Gasteiger partial charge in [0.05, 0.1) is 30.5 Å². The van der Waals surface area contributed by atoms with Crippen molar-refractivity contribution in [3.8, 4) is 0 Å². The van der Waals surface area contributed by atoms with Crippen LogP contribution in [0.2, 0.25) is 5.28 Å². The van der Waals surface area contributed by atoms with Crippen LogP contribution < -0.4 is 5.73 Å². The van der Waals surface area contributed by atoms with Gasteiger partial charge in [0, 0.05) is 11.6 Å². The Hall–Kier alpha value is -2.87. The summed E-state index contributed by atoms with van der Waals surface area (Å²) in [6.45, 7) is -0.231. The summed E-state index contributed by atoms with van der Waals surface area (Å²) in [5.41, 5.74) is 4.14. The molecule has 1 fully saturated rings. The second-order valence-corrected chi connectivity index (χ2v) is 8.16. The van der Waals surface area contributed by atoms with Crippen molar-refractivity contribution in [2.45, 2.75) is 37.2 Å². The summed E-state index contributed by atoms with van der Waals surface area (Å²) in [5.74, 6) is -3.07. The highest BCUT2D eigenvalue weighted by atomic mass is 35.5. The van der Waals surface area contributed by atoms with Crippen molar-refractivity contribution in [3.63, 3.8) is 0 Å². The fourth-order valence-corrected chi connectivity index (χ4v) is 4.20. The predicted molar refractivity (Wildman–Crippen MR) is 108 cm³/mol. The van der Waals surface area contributed by atoms with E-state index in [1.807, 2.05) is 0 Å². The molecule has 0 aliphatic carbocycles. The topological polar surface area (TPSA) is 176 Å². The van der Waals surface area contributed by atoms with Crippen LogP contribution in [0.25, 0.3) is 11.2 Å². The number of aliphatic carboxylic acids is 2. The van der Waals surface area contributed by atoms with Crippen LogP contribution in [0.3, 0.4) is 0 Å². The lowest BCUT2D eigenvalue weighted by Crippen LogP contribution is -2.52. The maximum atomic E-state index is 11.8. The molecule has 0 amide bonds. The van der Waals surface area contributed by atoms with Crippen molar-refractivity contribution in [2.24, 2.45) is 0 Å². The number of nitrogens with two attached hydrogens (primary N) is 1. The van der Waals surface area contributed by atoms with E-state index in [2.05, 4.69) is 19.9 Å². The van der Waals surface area contributed by atoms with Crippen LogP contribution in [0.1, 0.15) is 24.1 Å². The van der Waals surface area contributed by atoms with E-state index in [0.29, 0.717) is 29.0 Å². The van der Waals surface area contributed by atoms with E-state index in [9.17, 15) is 19.8 Å². The Morgan fingerprint density at radius 1 is 1.32 bits per heavy atom. The summed E-state index contributed by atoms with van der Waals surface area (Å²) in [4.78, 5) is 39.8. The molecular weight excluding hydrogens is 452 g/mol. The fraction of sp³-hybridized carbons (Fsp3) is 0.412. The van der Waals surface area contributed by atoms with Gasteiger partial charge >= 0.3 is 11.9 Å². The zero-order valence-corrected chi connectivity index (χ0v) is 17.4. The number of anilines is 1. The van der Waals surface area contributed by atoms with Gasteiger partial charge in [-0.15, -0.1) is 11.3 Å². The van der Waals surface area contributed by atoms with E-state index in [1.165, 1.54) is 12.5 Å². The third-order valence-corrected chi connectivity index (χ3v) is 5.86. The number of halogens is 1. The van der Waals surface area contributed by atoms with Crippen molar-refractivity contribution in [2.75, 3.05) is 12.3 Å². The van der Waals surface area contributed by atoms with E-state index in [1.54, 1.807) is 9.95 Å². The van der Waals surface area contributed by atoms with Crippen molar-refractivity contribution in [3.05, 3.63) is 28.2 Å². The van der Waals surface area contributed by atoms with Gasteiger partial charge in [-0.2, -0.15) is 9.97 Å². The number of rotatable bonds is 8. The number of aromatic nitrogens is 5. The standard InChI is InChI=1S/C17H17ClN6O6S/c18-16-22-12(19)11-13(23-16)24(7-21-11)10-2-1-8(30-10)6-29-17(14(25)26,15(27)28)5-9-20-3-4-31-9/h3-4,7-8,10H,1-2,5-6H2,(H,25,26)(H,27,28)(H2,19,22,23). The average molecular weight is 469 g/mol. The van der Waals surface area contributed by atoms with E-state index in [0.717, 1.165) is 11.3 Å². The maximum Gasteiger partial charge on any atom is 0.348 e. The molecule has 0 spiro atoms. The van der Waals surface area contributed by atoms with Gasteiger partial charge in [-0.3, -0.25) is 4.57 Å². The van der Waals surface area contributed by atoms with Crippen molar-refractivity contribution in [1.29, 1.82) is 0 Å². The Labute approximate surface area is 183 Å². The van der Waals surface area contributed by atoms with E-state index < -0.39 is 36.3 Å². The van der Waals surface area contributed by atoms with Crippen LogP contribution in [-0.2, 0) is 25.5 Å². The number of nitrogens with zero attached hydrogens (tertiary/aromatic N) is 5. The lowest BCUT2D eigenvalue weighted by molar-refractivity contribution is -0.188. The molecule has 3 aromatic rings. The summed E-state index contributed by atoms with van der Waals surface area (Å²) >= 11 is 7.04. The first-order valence-corrected chi connectivity index (χ1v) is 10.4.